The number of amides is 1. The molecule has 6 heteroatoms. The fraction of sp³-hybridized carbons (Fsp3) is 0.147. The molecule has 198 valence electrons. The Kier molecular flexibility index (Phi) is 6.31. The Morgan fingerprint density at radius 1 is 0.950 bits per heavy atom. The Labute approximate surface area is 232 Å². The minimum atomic E-state index is -0.507. The molecule has 1 heterocycles. The molecule has 0 saturated carbocycles. The van der Waals surface area contributed by atoms with E-state index in [4.69, 9.17) is 10.5 Å². The lowest BCUT2D eigenvalue weighted by molar-refractivity contribution is 0.0995. The number of primary amides is 1. The van der Waals surface area contributed by atoms with Crippen LogP contribution in [0.2, 0.25) is 0 Å². The molecule has 1 aliphatic rings. The molecule has 1 amide bonds. The van der Waals surface area contributed by atoms with Crippen LogP contribution in [0.15, 0.2) is 95.6 Å². The van der Waals surface area contributed by atoms with E-state index in [0.717, 1.165) is 44.6 Å². The molecule has 0 atom stereocenters. The van der Waals surface area contributed by atoms with E-state index in [0.29, 0.717) is 35.2 Å². The highest BCUT2D eigenvalue weighted by atomic mass is 16.5. The SMILES string of the molecule is CC1=C(C)c2c(-c3cccc(-n4cnc5ccccc5c4=O)c3C)cc(OCc3ccccc3)c(C(N)=O)c2C1. The summed E-state index contributed by atoms with van der Waals surface area (Å²) in [4.78, 5) is 30.8. The summed E-state index contributed by atoms with van der Waals surface area (Å²) in [6.07, 6.45) is 2.21. The molecule has 2 N–H and O–H groups in total. The van der Waals surface area contributed by atoms with E-state index < -0.39 is 5.91 Å². The number of fused-ring (bicyclic) bond motifs is 2. The number of ether oxygens (including phenoxy) is 1. The van der Waals surface area contributed by atoms with Gasteiger partial charge in [-0.3, -0.25) is 14.2 Å². The number of allylic oxidation sites excluding steroid dienone is 2. The first kappa shape index (κ1) is 25.3. The average Bonchev–Trinajstić information content (AvgIpc) is 3.26. The molecule has 0 spiro atoms. The third-order valence-corrected chi connectivity index (χ3v) is 7.86. The second-order valence-corrected chi connectivity index (χ2v) is 10.3. The number of aromatic nitrogens is 2. The molecule has 0 radical (unpaired) electrons. The van der Waals surface area contributed by atoms with Gasteiger partial charge in [-0.15, -0.1) is 0 Å². The predicted molar refractivity (Wildman–Crippen MR) is 159 cm³/mol. The first-order valence-electron chi connectivity index (χ1n) is 13.2. The summed E-state index contributed by atoms with van der Waals surface area (Å²) >= 11 is 0. The van der Waals surface area contributed by atoms with E-state index in [9.17, 15) is 9.59 Å². The Hall–Kier alpha value is -4.97. The van der Waals surface area contributed by atoms with Gasteiger partial charge in [-0.05, 0) is 90.4 Å². The van der Waals surface area contributed by atoms with Gasteiger partial charge in [0.15, 0.2) is 0 Å². The zero-order chi connectivity index (χ0) is 28.0. The van der Waals surface area contributed by atoms with Crippen LogP contribution in [-0.2, 0) is 13.0 Å². The highest BCUT2D eigenvalue weighted by molar-refractivity contribution is 6.03. The quantitative estimate of drug-likeness (QED) is 0.277. The first-order valence-corrected chi connectivity index (χ1v) is 13.2. The highest BCUT2D eigenvalue weighted by Crippen LogP contribution is 2.45. The summed E-state index contributed by atoms with van der Waals surface area (Å²) < 4.78 is 7.88. The zero-order valence-corrected chi connectivity index (χ0v) is 22.7. The minimum absolute atomic E-state index is 0.126. The van der Waals surface area contributed by atoms with Crippen molar-refractivity contribution in [3.05, 3.63) is 129 Å². The van der Waals surface area contributed by atoms with Gasteiger partial charge in [0.25, 0.3) is 11.5 Å². The number of carbonyl (C=O) groups is 1. The van der Waals surface area contributed by atoms with Crippen molar-refractivity contribution in [1.29, 1.82) is 0 Å². The van der Waals surface area contributed by atoms with Crippen molar-refractivity contribution in [2.45, 2.75) is 33.8 Å². The largest absolute Gasteiger partial charge is 0.488 e. The average molecular weight is 528 g/mol. The van der Waals surface area contributed by atoms with Crippen molar-refractivity contribution in [3.63, 3.8) is 0 Å². The van der Waals surface area contributed by atoms with Gasteiger partial charge < -0.3 is 10.5 Å². The lowest BCUT2D eigenvalue weighted by Crippen LogP contribution is -2.20. The molecule has 0 aliphatic heterocycles. The Balaban J connectivity index is 1.55. The van der Waals surface area contributed by atoms with Gasteiger partial charge in [-0.2, -0.15) is 0 Å². The molecule has 0 bridgehead atoms. The summed E-state index contributed by atoms with van der Waals surface area (Å²) in [5.41, 5.74) is 15.6. The van der Waals surface area contributed by atoms with E-state index >= 15 is 0 Å². The van der Waals surface area contributed by atoms with Crippen molar-refractivity contribution in [2.24, 2.45) is 5.73 Å². The number of hydrogen-bond donors (Lipinski definition) is 1. The molecule has 40 heavy (non-hydrogen) atoms. The Morgan fingerprint density at radius 3 is 2.48 bits per heavy atom. The van der Waals surface area contributed by atoms with E-state index in [1.165, 1.54) is 5.57 Å². The maximum Gasteiger partial charge on any atom is 0.265 e. The van der Waals surface area contributed by atoms with Crippen molar-refractivity contribution in [1.82, 2.24) is 9.55 Å². The Morgan fingerprint density at radius 2 is 1.70 bits per heavy atom. The molecular weight excluding hydrogens is 498 g/mol. The number of hydrogen-bond acceptors (Lipinski definition) is 4. The van der Waals surface area contributed by atoms with Gasteiger partial charge in [0.2, 0.25) is 0 Å². The van der Waals surface area contributed by atoms with Gasteiger partial charge in [0.05, 0.1) is 22.2 Å². The van der Waals surface area contributed by atoms with E-state index in [1.54, 1.807) is 17.0 Å². The summed E-state index contributed by atoms with van der Waals surface area (Å²) in [5.74, 6) is -0.0467. The van der Waals surface area contributed by atoms with Crippen molar-refractivity contribution in [3.8, 4) is 22.6 Å². The van der Waals surface area contributed by atoms with E-state index in [2.05, 4.69) is 18.8 Å². The third-order valence-electron chi connectivity index (χ3n) is 7.86. The van der Waals surface area contributed by atoms with Gasteiger partial charge in [0.1, 0.15) is 18.7 Å². The minimum Gasteiger partial charge on any atom is -0.488 e. The second kappa shape index (κ2) is 9.97. The summed E-state index contributed by atoms with van der Waals surface area (Å²) in [6, 6.07) is 25.0. The predicted octanol–water partition coefficient (Wildman–Crippen LogP) is 6.39. The molecule has 1 aromatic heterocycles. The summed E-state index contributed by atoms with van der Waals surface area (Å²) in [5, 5.41) is 0.563. The van der Waals surface area contributed by atoms with Crippen LogP contribution in [0.4, 0.5) is 0 Å². The molecular formula is C34H29N3O3. The van der Waals surface area contributed by atoms with E-state index in [1.807, 2.05) is 79.7 Å². The van der Waals surface area contributed by atoms with Crippen LogP contribution in [0, 0.1) is 6.92 Å². The van der Waals surface area contributed by atoms with Gasteiger partial charge in [-0.1, -0.05) is 60.2 Å². The van der Waals surface area contributed by atoms with Gasteiger partial charge in [-0.25, -0.2) is 4.98 Å². The maximum atomic E-state index is 13.4. The lowest BCUT2D eigenvalue weighted by Gasteiger charge is -2.21. The van der Waals surface area contributed by atoms with Crippen LogP contribution in [0.1, 0.15) is 46.5 Å². The standard InChI is InChI=1S/C34H29N3O3/c1-20-16-27-31(21(20)2)26(17-30(32(27)33(35)38)40-18-23-10-5-4-6-11-23)24-13-9-15-29(22(24)3)37-19-36-28-14-8-7-12-25(28)34(37)39/h4-15,17,19H,16,18H2,1-3H3,(H2,35,38). The molecule has 4 aromatic carbocycles. The van der Waals surface area contributed by atoms with E-state index in [-0.39, 0.29) is 5.56 Å². The number of carbonyl (C=O) groups excluding carboxylic acids is 1. The van der Waals surface area contributed by atoms with Crippen molar-refractivity contribution < 1.29 is 9.53 Å². The van der Waals surface area contributed by atoms with Gasteiger partial charge in [0, 0.05) is 0 Å². The lowest BCUT2D eigenvalue weighted by atomic mass is 9.88. The summed E-state index contributed by atoms with van der Waals surface area (Å²) in [7, 11) is 0. The summed E-state index contributed by atoms with van der Waals surface area (Å²) in [6.45, 7) is 6.48. The normalized spacial score (nSPS) is 12.6. The van der Waals surface area contributed by atoms with Crippen molar-refractivity contribution in [2.75, 3.05) is 0 Å². The second-order valence-electron chi connectivity index (χ2n) is 10.3. The third kappa shape index (κ3) is 4.18. The van der Waals surface area contributed by atoms with Gasteiger partial charge >= 0.3 is 0 Å². The molecule has 0 unspecified atom stereocenters. The molecule has 6 rings (SSSR count). The molecule has 6 nitrogen and oxygen atoms in total. The molecule has 1 aliphatic carbocycles. The zero-order valence-electron chi connectivity index (χ0n) is 22.7. The number of nitrogens with two attached hydrogens (primary N) is 1. The van der Waals surface area contributed by atoms with Crippen molar-refractivity contribution >= 4 is 22.4 Å². The molecule has 5 aromatic rings. The maximum absolute atomic E-state index is 13.4. The number of rotatable bonds is 6. The van der Waals surface area contributed by atoms with Crippen LogP contribution < -0.4 is 16.0 Å². The smallest absolute Gasteiger partial charge is 0.265 e. The first-order chi connectivity index (χ1) is 19.3. The topological polar surface area (TPSA) is 87.2 Å². The fourth-order valence-corrected chi connectivity index (χ4v) is 5.68. The molecule has 0 fully saturated rings. The van der Waals surface area contributed by atoms with Crippen LogP contribution in [0.25, 0.3) is 33.3 Å². The number of nitrogens with zero attached hydrogens (tertiary/aromatic N) is 2. The number of para-hydroxylation sites is 1. The fourth-order valence-electron chi connectivity index (χ4n) is 5.68. The molecule has 0 saturated heterocycles. The van der Waals surface area contributed by atoms with Crippen LogP contribution in [-0.4, -0.2) is 15.5 Å². The number of benzene rings is 4. The monoisotopic (exact) mass is 527 g/mol. The van der Waals surface area contributed by atoms with Crippen LogP contribution in [0.5, 0.6) is 5.75 Å². The van der Waals surface area contributed by atoms with Crippen LogP contribution >= 0.6 is 0 Å². The van der Waals surface area contributed by atoms with Crippen LogP contribution in [0.3, 0.4) is 0 Å². The highest BCUT2D eigenvalue weighted by Gasteiger charge is 2.29. The Bertz CT molecular complexity index is 1900.